The summed E-state index contributed by atoms with van der Waals surface area (Å²) in [6, 6.07) is 9.33. The van der Waals surface area contributed by atoms with Crippen LogP contribution in [0.4, 0.5) is 29.3 Å². The Hall–Kier alpha value is -3.75. The monoisotopic (exact) mass is 399 g/mol. The van der Waals surface area contributed by atoms with Crippen molar-refractivity contribution in [1.82, 2.24) is 14.8 Å². The molecule has 4 aromatic rings. The molecule has 9 heteroatoms. The first kappa shape index (κ1) is 18.6. The van der Waals surface area contributed by atoms with Crippen molar-refractivity contribution >= 4 is 28.3 Å². The molecule has 0 aliphatic heterocycles. The highest BCUT2D eigenvalue weighted by Gasteiger charge is 2.30. The number of carbonyl (C=O) groups is 1. The highest BCUT2D eigenvalue weighted by atomic mass is 19.4. The summed E-state index contributed by atoms with van der Waals surface area (Å²) in [6.07, 6.45) is 0.935. The van der Waals surface area contributed by atoms with E-state index in [4.69, 9.17) is 0 Å². The summed E-state index contributed by atoms with van der Waals surface area (Å²) in [7, 11) is 0. The number of urea groups is 1. The molecular weight excluding hydrogens is 383 g/mol. The maximum Gasteiger partial charge on any atom is 0.416 e. The molecule has 0 bridgehead atoms. The predicted octanol–water partition coefficient (Wildman–Crippen LogP) is 5.32. The number of amides is 2. The Bertz CT molecular complexity index is 1160. The van der Waals surface area contributed by atoms with Gasteiger partial charge in [-0.2, -0.15) is 18.3 Å². The number of alkyl halides is 3. The minimum Gasteiger partial charge on any atom is -0.314 e. The standard InChI is InChI=1S/C20H16F3N5O/c1-12-8-15(9-18-17(12)6-7-28(18)16-10-24-25-11-16)27-19(29)26-14-4-2-13(3-5-14)20(21,22)23/h2-11H,1H3,(H,24,25)(H2,26,27,29). The van der Waals surface area contributed by atoms with Crippen molar-refractivity contribution in [3.8, 4) is 5.69 Å². The molecule has 29 heavy (non-hydrogen) atoms. The molecule has 2 amide bonds. The number of halogens is 3. The highest BCUT2D eigenvalue weighted by molar-refractivity contribution is 6.01. The molecule has 4 rings (SSSR count). The van der Waals surface area contributed by atoms with E-state index in [2.05, 4.69) is 20.8 Å². The molecule has 2 aromatic heterocycles. The first-order chi connectivity index (χ1) is 13.8. The summed E-state index contributed by atoms with van der Waals surface area (Å²) in [5.41, 5.74) is 2.75. The zero-order valence-corrected chi connectivity index (χ0v) is 15.2. The lowest BCUT2D eigenvalue weighted by molar-refractivity contribution is -0.137. The molecule has 0 saturated heterocycles. The summed E-state index contributed by atoms with van der Waals surface area (Å²) in [4.78, 5) is 12.3. The summed E-state index contributed by atoms with van der Waals surface area (Å²) in [6.45, 7) is 1.93. The summed E-state index contributed by atoms with van der Waals surface area (Å²) < 4.78 is 39.8. The molecule has 3 N–H and O–H groups in total. The molecule has 2 heterocycles. The van der Waals surface area contributed by atoms with Crippen LogP contribution in [-0.2, 0) is 6.18 Å². The average molecular weight is 399 g/mol. The van der Waals surface area contributed by atoms with E-state index in [1.54, 1.807) is 12.4 Å². The topological polar surface area (TPSA) is 74.7 Å². The Morgan fingerprint density at radius 1 is 1.07 bits per heavy atom. The third-order valence-corrected chi connectivity index (χ3v) is 4.50. The maximum atomic E-state index is 12.6. The fourth-order valence-electron chi connectivity index (χ4n) is 3.13. The van der Waals surface area contributed by atoms with E-state index in [-0.39, 0.29) is 5.69 Å². The van der Waals surface area contributed by atoms with Crippen molar-refractivity contribution in [1.29, 1.82) is 0 Å². The van der Waals surface area contributed by atoms with Crippen LogP contribution in [0.2, 0.25) is 0 Å². The number of hydrogen-bond acceptors (Lipinski definition) is 2. The van der Waals surface area contributed by atoms with Gasteiger partial charge < -0.3 is 15.2 Å². The van der Waals surface area contributed by atoms with Gasteiger partial charge in [0.25, 0.3) is 0 Å². The lowest BCUT2D eigenvalue weighted by atomic mass is 10.1. The second kappa shape index (κ2) is 7.01. The smallest absolute Gasteiger partial charge is 0.314 e. The molecular formula is C20H16F3N5O. The Kier molecular flexibility index (Phi) is 4.50. The van der Waals surface area contributed by atoms with Gasteiger partial charge in [-0.05, 0) is 55.0 Å². The molecule has 0 saturated carbocycles. The zero-order chi connectivity index (χ0) is 20.6. The van der Waals surface area contributed by atoms with Crippen LogP contribution < -0.4 is 10.6 Å². The lowest BCUT2D eigenvalue weighted by Gasteiger charge is -2.11. The molecule has 0 atom stereocenters. The van der Waals surface area contributed by atoms with Gasteiger partial charge in [0.05, 0.1) is 23.0 Å². The first-order valence-corrected chi connectivity index (χ1v) is 8.67. The fraction of sp³-hybridized carbons (Fsp3) is 0.100. The summed E-state index contributed by atoms with van der Waals surface area (Å²) in [5.74, 6) is 0. The molecule has 0 aliphatic carbocycles. The molecule has 0 radical (unpaired) electrons. The Morgan fingerprint density at radius 3 is 2.45 bits per heavy atom. The molecule has 0 fully saturated rings. The predicted molar refractivity (Wildman–Crippen MR) is 104 cm³/mol. The summed E-state index contributed by atoms with van der Waals surface area (Å²) in [5, 5.41) is 13.0. The number of hydrogen-bond donors (Lipinski definition) is 3. The molecule has 6 nitrogen and oxygen atoms in total. The van der Waals surface area contributed by atoms with Gasteiger partial charge in [-0.1, -0.05) is 0 Å². The lowest BCUT2D eigenvalue weighted by Crippen LogP contribution is -2.19. The van der Waals surface area contributed by atoms with E-state index in [1.807, 2.05) is 35.9 Å². The summed E-state index contributed by atoms with van der Waals surface area (Å²) >= 11 is 0. The number of H-pyrrole nitrogens is 1. The van der Waals surface area contributed by atoms with Crippen LogP contribution in [0.3, 0.4) is 0 Å². The van der Waals surface area contributed by atoms with Gasteiger partial charge >= 0.3 is 12.2 Å². The molecule has 2 aromatic carbocycles. The van der Waals surface area contributed by atoms with E-state index < -0.39 is 17.8 Å². The van der Waals surface area contributed by atoms with Crippen LogP contribution in [0, 0.1) is 6.92 Å². The van der Waals surface area contributed by atoms with Gasteiger partial charge in [-0.25, -0.2) is 4.79 Å². The second-order valence-electron chi connectivity index (χ2n) is 6.52. The SMILES string of the molecule is Cc1cc(NC(=O)Nc2ccc(C(F)(F)F)cc2)cc2c1ccn2-c1cn[nH]c1. The number of aromatic nitrogens is 3. The fourth-order valence-corrected chi connectivity index (χ4v) is 3.13. The number of aryl methyl sites for hydroxylation is 1. The number of rotatable bonds is 3. The van der Waals surface area contributed by atoms with Crippen LogP contribution in [0.5, 0.6) is 0 Å². The number of nitrogens with one attached hydrogen (secondary N) is 3. The van der Waals surface area contributed by atoms with Gasteiger partial charge in [-0.3, -0.25) is 5.10 Å². The van der Waals surface area contributed by atoms with Crippen molar-refractivity contribution in [3.63, 3.8) is 0 Å². The third-order valence-electron chi connectivity index (χ3n) is 4.50. The van der Waals surface area contributed by atoms with Gasteiger partial charge in [0.1, 0.15) is 0 Å². The van der Waals surface area contributed by atoms with Gasteiger partial charge in [0.15, 0.2) is 0 Å². The van der Waals surface area contributed by atoms with Crippen LogP contribution in [0.25, 0.3) is 16.6 Å². The van der Waals surface area contributed by atoms with Crippen LogP contribution >= 0.6 is 0 Å². The van der Waals surface area contributed by atoms with Crippen LogP contribution in [0.1, 0.15) is 11.1 Å². The van der Waals surface area contributed by atoms with E-state index in [9.17, 15) is 18.0 Å². The number of nitrogens with zero attached hydrogens (tertiary/aromatic N) is 2. The normalized spacial score (nSPS) is 11.6. The van der Waals surface area contributed by atoms with Crippen molar-refractivity contribution in [2.75, 3.05) is 10.6 Å². The zero-order valence-electron chi connectivity index (χ0n) is 15.2. The number of carbonyl (C=O) groups excluding carboxylic acids is 1. The minimum atomic E-state index is -4.42. The Balaban J connectivity index is 1.54. The van der Waals surface area contributed by atoms with E-state index >= 15 is 0 Å². The molecule has 0 unspecified atom stereocenters. The number of anilines is 2. The maximum absolute atomic E-state index is 12.6. The van der Waals surface area contributed by atoms with Gasteiger partial charge in [-0.15, -0.1) is 0 Å². The Labute approximate surface area is 163 Å². The van der Waals surface area contributed by atoms with Gasteiger partial charge in [0.2, 0.25) is 0 Å². The van der Waals surface area contributed by atoms with Crippen LogP contribution in [0.15, 0.2) is 61.1 Å². The number of benzene rings is 2. The quantitative estimate of drug-likeness (QED) is 0.436. The van der Waals surface area contributed by atoms with E-state index in [1.165, 1.54) is 12.1 Å². The third kappa shape index (κ3) is 3.79. The largest absolute Gasteiger partial charge is 0.416 e. The van der Waals surface area contributed by atoms with Crippen molar-refractivity contribution < 1.29 is 18.0 Å². The van der Waals surface area contributed by atoms with Gasteiger partial charge in [0, 0.05) is 29.2 Å². The Morgan fingerprint density at radius 2 is 1.79 bits per heavy atom. The van der Waals surface area contributed by atoms with E-state index in [0.29, 0.717) is 5.69 Å². The van der Waals surface area contributed by atoms with E-state index in [0.717, 1.165) is 34.3 Å². The average Bonchev–Trinajstić information content (AvgIpc) is 3.30. The number of aromatic amines is 1. The van der Waals surface area contributed by atoms with Crippen LogP contribution in [-0.4, -0.2) is 20.8 Å². The van der Waals surface area contributed by atoms with Crippen molar-refractivity contribution in [2.45, 2.75) is 13.1 Å². The highest BCUT2D eigenvalue weighted by Crippen LogP contribution is 2.30. The second-order valence-corrected chi connectivity index (χ2v) is 6.52. The van der Waals surface area contributed by atoms with Crippen molar-refractivity contribution in [2.24, 2.45) is 0 Å². The van der Waals surface area contributed by atoms with Crippen molar-refractivity contribution in [3.05, 3.63) is 72.2 Å². The number of fused-ring (bicyclic) bond motifs is 1. The molecule has 148 valence electrons. The molecule has 0 spiro atoms. The molecule has 0 aliphatic rings. The minimum absolute atomic E-state index is 0.259. The first-order valence-electron chi connectivity index (χ1n) is 8.67.